The number of phenolic OH excluding ortho intramolecular Hbond substituents is 1. The summed E-state index contributed by atoms with van der Waals surface area (Å²) < 4.78 is 6.60. The molecule has 5 rings (SSSR count). The van der Waals surface area contributed by atoms with Crippen molar-refractivity contribution in [3.05, 3.63) is 35.9 Å². The number of fused-ring (bicyclic) bond motifs is 5. The summed E-state index contributed by atoms with van der Waals surface area (Å²) in [7, 11) is 0. The number of likely N-dealkylation sites (tertiary alicyclic amines) is 1. The SMILES string of the molecule is O=C1NCCC[C@H]2c3cc(O)c4ccccc4c3O[C@@]12N1CCCCC1. The molecule has 0 aromatic heterocycles. The predicted octanol–water partition coefficient (Wildman–Crippen LogP) is 3.11. The number of amides is 1. The van der Waals surface area contributed by atoms with Gasteiger partial charge in [-0.2, -0.15) is 0 Å². The third kappa shape index (κ3) is 2.10. The van der Waals surface area contributed by atoms with Gasteiger partial charge in [0.15, 0.2) is 0 Å². The molecule has 3 aliphatic heterocycles. The van der Waals surface area contributed by atoms with Crippen molar-refractivity contribution in [3.63, 3.8) is 0 Å². The van der Waals surface area contributed by atoms with Crippen molar-refractivity contribution in [2.45, 2.75) is 43.7 Å². The van der Waals surface area contributed by atoms with E-state index in [0.29, 0.717) is 6.54 Å². The van der Waals surface area contributed by atoms with Crippen molar-refractivity contribution >= 4 is 16.7 Å². The molecule has 0 aliphatic carbocycles. The van der Waals surface area contributed by atoms with Crippen molar-refractivity contribution in [3.8, 4) is 11.5 Å². The van der Waals surface area contributed by atoms with Crippen molar-refractivity contribution in [2.24, 2.45) is 0 Å². The fraction of sp³-hybridized carbons (Fsp3) is 0.476. The Labute approximate surface area is 152 Å². The topological polar surface area (TPSA) is 61.8 Å². The van der Waals surface area contributed by atoms with Crippen molar-refractivity contribution in [1.29, 1.82) is 0 Å². The Morgan fingerprint density at radius 3 is 2.69 bits per heavy atom. The summed E-state index contributed by atoms with van der Waals surface area (Å²) in [6, 6.07) is 9.56. The van der Waals surface area contributed by atoms with Gasteiger partial charge >= 0.3 is 0 Å². The van der Waals surface area contributed by atoms with Crippen molar-refractivity contribution < 1.29 is 14.6 Å². The zero-order chi connectivity index (χ0) is 17.7. The molecule has 0 unspecified atom stereocenters. The van der Waals surface area contributed by atoms with Gasteiger partial charge < -0.3 is 15.2 Å². The highest BCUT2D eigenvalue weighted by Crippen LogP contribution is 2.54. The number of rotatable bonds is 1. The first-order chi connectivity index (χ1) is 12.7. The molecule has 5 nitrogen and oxygen atoms in total. The Bertz CT molecular complexity index is 875. The maximum atomic E-state index is 13.3. The lowest BCUT2D eigenvalue weighted by atomic mass is 9.84. The van der Waals surface area contributed by atoms with E-state index < -0.39 is 5.72 Å². The first-order valence-electron chi connectivity index (χ1n) is 9.69. The molecule has 3 heterocycles. The highest BCUT2D eigenvalue weighted by molar-refractivity contribution is 5.97. The Morgan fingerprint density at radius 2 is 1.88 bits per heavy atom. The van der Waals surface area contributed by atoms with Crippen LogP contribution in [0.3, 0.4) is 0 Å². The number of benzene rings is 2. The van der Waals surface area contributed by atoms with Gasteiger partial charge in [0, 0.05) is 36.0 Å². The van der Waals surface area contributed by atoms with Gasteiger partial charge in [-0.25, -0.2) is 0 Å². The fourth-order valence-corrected chi connectivity index (χ4v) is 5.01. The molecule has 1 amide bonds. The Kier molecular flexibility index (Phi) is 3.60. The normalized spacial score (nSPS) is 28.8. The van der Waals surface area contributed by atoms with Gasteiger partial charge in [-0.05, 0) is 31.7 Å². The van der Waals surface area contributed by atoms with Gasteiger partial charge in [0.05, 0.1) is 5.92 Å². The van der Waals surface area contributed by atoms with E-state index in [0.717, 1.165) is 60.9 Å². The number of ether oxygens (including phenoxy) is 1. The lowest BCUT2D eigenvalue weighted by Crippen LogP contribution is -2.64. The van der Waals surface area contributed by atoms with E-state index in [1.807, 2.05) is 30.3 Å². The molecule has 2 aromatic carbocycles. The smallest absolute Gasteiger partial charge is 0.280 e. The average molecular weight is 352 g/mol. The number of nitrogens with zero attached hydrogens (tertiary/aromatic N) is 1. The van der Waals surface area contributed by atoms with Gasteiger partial charge in [0.2, 0.25) is 5.72 Å². The van der Waals surface area contributed by atoms with E-state index >= 15 is 0 Å². The Balaban J connectivity index is 1.73. The highest BCUT2D eigenvalue weighted by atomic mass is 16.5. The van der Waals surface area contributed by atoms with Gasteiger partial charge in [-0.3, -0.25) is 9.69 Å². The standard InChI is InChI=1S/C21H24N2O3/c24-18-13-16-17-9-6-10-22-20(25)21(17,23-11-4-1-5-12-23)26-19(16)15-8-3-2-7-14(15)18/h2-3,7-8,13,17,24H,1,4-6,9-12H2,(H,22,25)/t17-,21+/m0/s1. The molecular weight excluding hydrogens is 328 g/mol. The molecule has 2 N–H and O–H groups in total. The summed E-state index contributed by atoms with van der Waals surface area (Å²) in [5, 5.41) is 15.3. The van der Waals surface area contributed by atoms with E-state index in [1.54, 1.807) is 0 Å². The minimum Gasteiger partial charge on any atom is -0.507 e. The fourth-order valence-electron chi connectivity index (χ4n) is 5.01. The van der Waals surface area contributed by atoms with Crippen LogP contribution >= 0.6 is 0 Å². The Hall–Kier alpha value is -2.27. The number of hydrogen-bond acceptors (Lipinski definition) is 4. The van der Waals surface area contributed by atoms with E-state index in [2.05, 4.69) is 10.2 Å². The van der Waals surface area contributed by atoms with Gasteiger partial charge in [0.25, 0.3) is 5.91 Å². The van der Waals surface area contributed by atoms with E-state index in [-0.39, 0.29) is 17.6 Å². The minimum atomic E-state index is -0.976. The number of nitrogens with one attached hydrogen (secondary N) is 1. The molecule has 0 saturated carbocycles. The first-order valence-corrected chi connectivity index (χ1v) is 9.69. The Morgan fingerprint density at radius 1 is 1.12 bits per heavy atom. The number of phenols is 1. The van der Waals surface area contributed by atoms with Crippen molar-refractivity contribution in [2.75, 3.05) is 19.6 Å². The van der Waals surface area contributed by atoms with Crippen LogP contribution in [0, 0.1) is 0 Å². The molecular formula is C21H24N2O3. The van der Waals surface area contributed by atoms with Crippen molar-refractivity contribution in [1.82, 2.24) is 10.2 Å². The molecule has 26 heavy (non-hydrogen) atoms. The van der Waals surface area contributed by atoms with Crippen LogP contribution in [0.1, 0.15) is 43.6 Å². The van der Waals surface area contributed by atoms with Crippen LogP contribution in [0.4, 0.5) is 0 Å². The monoisotopic (exact) mass is 352 g/mol. The van der Waals surface area contributed by atoms with Gasteiger partial charge in [0.1, 0.15) is 11.5 Å². The molecule has 2 fully saturated rings. The molecule has 136 valence electrons. The second-order valence-corrected chi connectivity index (χ2v) is 7.66. The number of carbonyl (C=O) groups excluding carboxylic acids is 1. The first kappa shape index (κ1) is 15.9. The minimum absolute atomic E-state index is 0.0262. The largest absolute Gasteiger partial charge is 0.507 e. The third-order valence-electron chi connectivity index (χ3n) is 6.21. The van der Waals surface area contributed by atoms with E-state index in [9.17, 15) is 9.90 Å². The molecule has 2 aromatic rings. The van der Waals surface area contributed by atoms with Crippen LogP contribution in [0.2, 0.25) is 0 Å². The lowest BCUT2D eigenvalue weighted by molar-refractivity contribution is -0.158. The lowest BCUT2D eigenvalue weighted by Gasteiger charge is -2.43. The summed E-state index contributed by atoms with van der Waals surface area (Å²) in [6.07, 6.45) is 5.18. The molecule has 3 aliphatic rings. The predicted molar refractivity (Wildman–Crippen MR) is 99.4 cm³/mol. The second-order valence-electron chi connectivity index (χ2n) is 7.66. The van der Waals surface area contributed by atoms with Gasteiger partial charge in [-0.15, -0.1) is 0 Å². The van der Waals surface area contributed by atoms with Crippen LogP contribution < -0.4 is 10.1 Å². The summed E-state index contributed by atoms with van der Waals surface area (Å²) in [6.45, 7) is 2.44. The average Bonchev–Trinajstić information content (AvgIpc) is 2.92. The van der Waals surface area contributed by atoms with E-state index in [1.165, 1.54) is 6.42 Å². The van der Waals surface area contributed by atoms with Crippen LogP contribution in [-0.2, 0) is 4.79 Å². The third-order valence-corrected chi connectivity index (χ3v) is 6.21. The van der Waals surface area contributed by atoms with Crippen LogP contribution in [0.5, 0.6) is 11.5 Å². The molecule has 0 radical (unpaired) electrons. The van der Waals surface area contributed by atoms with E-state index in [4.69, 9.17) is 4.74 Å². The van der Waals surface area contributed by atoms with Crippen LogP contribution in [0.15, 0.2) is 30.3 Å². The number of hydrogen-bond donors (Lipinski definition) is 2. The molecule has 0 spiro atoms. The summed E-state index contributed by atoms with van der Waals surface area (Å²) in [4.78, 5) is 15.5. The highest BCUT2D eigenvalue weighted by Gasteiger charge is 2.59. The maximum Gasteiger partial charge on any atom is 0.280 e. The quantitative estimate of drug-likeness (QED) is 0.828. The molecule has 5 heteroatoms. The number of carbonyl (C=O) groups is 1. The molecule has 2 saturated heterocycles. The zero-order valence-corrected chi connectivity index (χ0v) is 14.8. The van der Waals surface area contributed by atoms with Crippen LogP contribution in [0.25, 0.3) is 10.8 Å². The maximum absolute atomic E-state index is 13.3. The molecule has 2 atom stereocenters. The zero-order valence-electron chi connectivity index (χ0n) is 14.8. The second kappa shape index (κ2) is 5.88. The summed E-state index contributed by atoms with van der Waals surface area (Å²) >= 11 is 0. The number of piperidine rings is 1. The summed E-state index contributed by atoms with van der Waals surface area (Å²) in [5.74, 6) is 0.961. The molecule has 0 bridgehead atoms. The summed E-state index contributed by atoms with van der Waals surface area (Å²) in [5.41, 5.74) is -0.000608. The van der Waals surface area contributed by atoms with Crippen LogP contribution in [-0.4, -0.2) is 41.3 Å². The van der Waals surface area contributed by atoms with Gasteiger partial charge in [-0.1, -0.05) is 30.7 Å². The number of aromatic hydroxyl groups is 1.